The van der Waals surface area contributed by atoms with E-state index in [2.05, 4.69) is 21.3 Å². The summed E-state index contributed by atoms with van der Waals surface area (Å²) in [6, 6.07) is 17.9. The maximum absolute atomic E-state index is 12.6. The molecule has 134 valence electrons. The Morgan fingerprint density at radius 2 is 1.92 bits per heavy atom. The van der Waals surface area contributed by atoms with Crippen LogP contribution in [0.1, 0.15) is 34.9 Å². The average Bonchev–Trinajstić information content (AvgIpc) is 3.31. The molecule has 4 rings (SSSR count). The highest BCUT2D eigenvalue weighted by Crippen LogP contribution is 2.26. The number of hydrogen-bond donors (Lipinski definition) is 2. The molecule has 1 aliphatic rings. The largest absolute Gasteiger partial charge is 0.351 e. The van der Waals surface area contributed by atoms with Crippen molar-refractivity contribution in [1.82, 2.24) is 15.2 Å². The van der Waals surface area contributed by atoms with Gasteiger partial charge in [-0.2, -0.15) is 0 Å². The van der Waals surface area contributed by atoms with E-state index >= 15 is 0 Å². The number of carbonyl (C=O) groups excluding carboxylic acids is 1. The predicted molar refractivity (Wildman–Crippen MR) is 106 cm³/mol. The van der Waals surface area contributed by atoms with Gasteiger partial charge in [0, 0.05) is 22.5 Å². The average molecular weight is 368 g/mol. The Morgan fingerprint density at radius 3 is 2.69 bits per heavy atom. The van der Waals surface area contributed by atoms with Crippen molar-refractivity contribution in [1.29, 1.82) is 0 Å². The first kappa shape index (κ1) is 17.1. The van der Waals surface area contributed by atoms with E-state index < -0.39 is 0 Å². The minimum atomic E-state index is -0.0765. The van der Waals surface area contributed by atoms with Crippen LogP contribution in [0.4, 0.5) is 0 Å². The Balaban J connectivity index is 1.51. The summed E-state index contributed by atoms with van der Waals surface area (Å²) < 4.78 is 0. The molecule has 2 N–H and O–H groups in total. The maximum atomic E-state index is 12.6. The van der Waals surface area contributed by atoms with E-state index in [1.165, 1.54) is 12.8 Å². The first-order valence-corrected chi connectivity index (χ1v) is 9.44. The number of nitrogens with one attached hydrogen (secondary N) is 2. The van der Waals surface area contributed by atoms with Gasteiger partial charge in [-0.3, -0.25) is 9.69 Å². The van der Waals surface area contributed by atoms with E-state index in [0.29, 0.717) is 12.2 Å². The number of aromatic amines is 1. The number of nitrogens with zero attached hydrogens (tertiary/aromatic N) is 1. The SMILES string of the molecule is O=C(NCC(c1cccc(Cl)c1)N1CCCC1)c1cc2ccccc2[nH]1. The Bertz CT molecular complexity index is 881. The number of benzene rings is 2. The molecule has 1 fully saturated rings. The van der Waals surface area contributed by atoms with E-state index in [1.54, 1.807) is 0 Å². The van der Waals surface area contributed by atoms with Gasteiger partial charge in [0.1, 0.15) is 5.69 Å². The second-order valence-electron chi connectivity index (χ2n) is 6.79. The summed E-state index contributed by atoms with van der Waals surface area (Å²) in [4.78, 5) is 18.3. The maximum Gasteiger partial charge on any atom is 0.267 e. The Kier molecular flexibility index (Phi) is 4.96. The third-order valence-corrected chi connectivity index (χ3v) is 5.28. The van der Waals surface area contributed by atoms with E-state index in [0.717, 1.165) is 34.6 Å². The molecule has 1 unspecified atom stereocenters. The van der Waals surface area contributed by atoms with Crippen LogP contribution in [-0.4, -0.2) is 35.4 Å². The standard InChI is InChI=1S/C21H22ClN3O/c22-17-8-5-7-16(12-17)20(25-10-3-4-11-25)14-23-21(26)19-13-15-6-1-2-9-18(15)24-19/h1-2,5-9,12-13,20,24H,3-4,10-11,14H2,(H,23,26). The monoisotopic (exact) mass is 367 g/mol. The zero-order chi connectivity index (χ0) is 17.9. The number of aromatic nitrogens is 1. The summed E-state index contributed by atoms with van der Waals surface area (Å²) in [6.07, 6.45) is 2.40. The van der Waals surface area contributed by atoms with Crippen LogP contribution in [0, 0.1) is 0 Å². The summed E-state index contributed by atoms with van der Waals surface area (Å²) in [7, 11) is 0. The Morgan fingerprint density at radius 1 is 1.12 bits per heavy atom. The molecular formula is C21H22ClN3O. The quantitative estimate of drug-likeness (QED) is 0.702. The zero-order valence-electron chi connectivity index (χ0n) is 14.5. The van der Waals surface area contributed by atoms with Gasteiger partial charge < -0.3 is 10.3 Å². The molecule has 4 nitrogen and oxygen atoms in total. The molecule has 0 spiro atoms. The molecule has 5 heteroatoms. The third-order valence-electron chi connectivity index (χ3n) is 5.05. The molecule has 3 aromatic rings. The molecule has 26 heavy (non-hydrogen) atoms. The van der Waals surface area contributed by atoms with Crippen molar-refractivity contribution in [2.24, 2.45) is 0 Å². The second-order valence-corrected chi connectivity index (χ2v) is 7.23. The number of para-hydroxylation sites is 1. The van der Waals surface area contributed by atoms with Crippen molar-refractivity contribution >= 4 is 28.4 Å². The highest BCUT2D eigenvalue weighted by atomic mass is 35.5. The molecule has 1 amide bonds. The fourth-order valence-electron chi connectivity index (χ4n) is 3.71. The molecular weight excluding hydrogens is 346 g/mol. The predicted octanol–water partition coefficient (Wildman–Crippen LogP) is 4.39. The number of hydrogen-bond acceptors (Lipinski definition) is 2. The summed E-state index contributed by atoms with van der Waals surface area (Å²) in [5.74, 6) is -0.0765. The molecule has 1 saturated heterocycles. The van der Waals surface area contributed by atoms with Crippen LogP contribution in [-0.2, 0) is 0 Å². The van der Waals surface area contributed by atoms with E-state index in [9.17, 15) is 4.79 Å². The lowest BCUT2D eigenvalue weighted by molar-refractivity contribution is 0.0934. The summed E-state index contributed by atoms with van der Waals surface area (Å²) in [5.41, 5.74) is 2.72. The summed E-state index contributed by atoms with van der Waals surface area (Å²) >= 11 is 6.19. The van der Waals surface area contributed by atoms with Crippen LogP contribution >= 0.6 is 11.6 Å². The highest BCUT2D eigenvalue weighted by molar-refractivity contribution is 6.30. The van der Waals surface area contributed by atoms with Crippen molar-refractivity contribution in [3.63, 3.8) is 0 Å². The molecule has 0 bridgehead atoms. The number of amides is 1. The van der Waals surface area contributed by atoms with Crippen LogP contribution in [0.2, 0.25) is 5.02 Å². The normalized spacial score (nSPS) is 16.0. The molecule has 1 atom stereocenters. The van der Waals surface area contributed by atoms with E-state index in [4.69, 9.17) is 11.6 Å². The van der Waals surface area contributed by atoms with Crippen molar-refractivity contribution in [2.45, 2.75) is 18.9 Å². The van der Waals surface area contributed by atoms with Crippen LogP contribution < -0.4 is 5.32 Å². The van der Waals surface area contributed by atoms with Crippen LogP contribution in [0.3, 0.4) is 0 Å². The van der Waals surface area contributed by atoms with E-state index in [1.807, 2.05) is 48.5 Å². The molecule has 1 aromatic heterocycles. The van der Waals surface area contributed by atoms with Crippen molar-refractivity contribution in [2.75, 3.05) is 19.6 Å². The first-order chi connectivity index (χ1) is 12.7. The van der Waals surface area contributed by atoms with Crippen LogP contribution in [0.5, 0.6) is 0 Å². The van der Waals surface area contributed by atoms with Gasteiger partial charge in [0.2, 0.25) is 0 Å². The number of carbonyl (C=O) groups is 1. The van der Waals surface area contributed by atoms with Gasteiger partial charge in [-0.15, -0.1) is 0 Å². The summed E-state index contributed by atoms with van der Waals surface area (Å²) in [6.45, 7) is 2.67. The Labute approximate surface area is 158 Å². The second kappa shape index (κ2) is 7.52. The number of fused-ring (bicyclic) bond motifs is 1. The molecule has 0 saturated carbocycles. The lowest BCUT2D eigenvalue weighted by Crippen LogP contribution is -2.36. The van der Waals surface area contributed by atoms with Crippen LogP contribution in [0.25, 0.3) is 10.9 Å². The van der Waals surface area contributed by atoms with Gasteiger partial charge in [0.05, 0.1) is 6.04 Å². The van der Waals surface area contributed by atoms with Gasteiger partial charge >= 0.3 is 0 Å². The van der Waals surface area contributed by atoms with E-state index in [-0.39, 0.29) is 11.9 Å². The molecule has 0 radical (unpaired) electrons. The van der Waals surface area contributed by atoms with Gasteiger partial charge in [-0.25, -0.2) is 0 Å². The van der Waals surface area contributed by atoms with Crippen molar-refractivity contribution in [3.05, 3.63) is 70.9 Å². The lowest BCUT2D eigenvalue weighted by atomic mass is 10.1. The van der Waals surface area contributed by atoms with Gasteiger partial charge in [0.25, 0.3) is 5.91 Å². The minimum absolute atomic E-state index is 0.0765. The molecule has 2 heterocycles. The molecule has 0 aliphatic carbocycles. The number of H-pyrrole nitrogens is 1. The number of halogens is 1. The Hall–Kier alpha value is -2.30. The topological polar surface area (TPSA) is 48.1 Å². The van der Waals surface area contributed by atoms with Crippen molar-refractivity contribution in [3.8, 4) is 0 Å². The number of likely N-dealkylation sites (tertiary alicyclic amines) is 1. The minimum Gasteiger partial charge on any atom is -0.351 e. The molecule has 2 aromatic carbocycles. The smallest absolute Gasteiger partial charge is 0.267 e. The van der Waals surface area contributed by atoms with Crippen LogP contribution in [0.15, 0.2) is 54.6 Å². The first-order valence-electron chi connectivity index (χ1n) is 9.06. The van der Waals surface area contributed by atoms with Crippen molar-refractivity contribution < 1.29 is 4.79 Å². The molecule has 1 aliphatic heterocycles. The zero-order valence-corrected chi connectivity index (χ0v) is 15.3. The fraction of sp³-hybridized carbons (Fsp3) is 0.286. The third kappa shape index (κ3) is 3.62. The summed E-state index contributed by atoms with van der Waals surface area (Å²) in [5, 5.41) is 4.88. The van der Waals surface area contributed by atoms with Gasteiger partial charge in [-0.05, 0) is 55.8 Å². The lowest BCUT2D eigenvalue weighted by Gasteiger charge is -2.28. The fourth-order valence-corrected chi connectivity index (χ4v) is 3.90. The van der Waals surface area contributed by atoms with Gasteiger partial charge in [-0.1, -0.05) is 41.9 Å². The highest BCUT2D eigenvalue weighted by Gasteiger charge is 2.24. The number of rotatable bonds is 5. The van der Waals surface area contributed by atoms with Gasteiger partial charge in [0.15, 0.2) is 0 Å².